The third-order valence-corrected chi connectivity index (χ3v) is 4.59. The van der Waals surface area contributed by atoms with Gasteiger partial charge in [-0.3, -0.25) is 4.57 Å². The van der Waals surface area contributed by atoms with Gasteiger partial charge < -0.3 is 29.2 Å². The Balaban J connectivity index is 1.80. The van der Waals surface area contributed by atoms with Crippen LogP contribution in [-0.2, 0) is 9.47 Å². The number of methoxy groups -OCH3 is 2. The van der Waals surface area contributed by atoms with Crippen molar-refractivity contribution in [2.24, 2.45) is 0 Å². The van der Waals surface area contributed by atoms with Gasteiger partial charge in [-0.15, -0.1) is 0 Å². The van der Waals surface area contributed by atoms with Crippen molar-refractivity contribution in [3.8, 4) is 11.9 Å². The van der Waals surface area contributed by atoms with Crippen molar-refractivity contribution < 1.29 is 29.2 Å². The van der Waals surface area contributed by atoms with Crippen molar-refractivity contribution in [1.82, 2.24) is 19.5 Å². The molecule has 2 aromatic heterocycles. The fraction of sp³-hybridized carbons (Fsp3) is 0.643. The predicted octanol–water partition coefficient (Wildman–Crippen LogP) is -0.747. The van der Waals surface area contributed by atoms with Crippen molar-refractivity contribution in [1.29, 1.82) is 0 Å². The van der Waals surface area contributed by atoms with E-state index in [2.05, 4.69) is 15.0 Å². The first kappa shape index (κ1) is 15.5. The number of aromatic nitrogens is 4. The molecule has 2 N–H and O–H groups in total. The van der Waals surface area contributed by atoms with Crippen molar-refractivity contribution in [2.45, 2.75) is 30.5 Å². The zero-order chi connectivity index (χ0) is 16.9. The highest BCUT2D eigenvalue weighted by Crippen LogP contribution is 2.45. The van der Waals surface area contributed by atoms with E-state index >= 15 is 0 Å². The topological polar surface area (TPSA) is 121 Å². The summed E-state index contributed by atoms with van der Waals surface area (Å²) in [6.07, 6.45) is -0.367. The van der Waals surface area contributed by atoms with Crippen LogP contribution in [-0.4, -0.2) is 75.0 Å². The largest absolute Gasteiger partial charge is 0.479 e. The third-order valence-electron chi connectivity index (χ3n) is 4.59. The van der Waals surface area contributed by atoms with Crippen molar-refractivity contribution in [3.05, 3.63) is 6.33 Å². The van der Waals surface area contributed by atoms with Crippen molar-refractivity contribution >= 4 is 11.2 Å². The van der Waals surface area contributed by atoms with Crippen LogP contribution in [0.4, 0.5) is 0 Å². The van der Waals surface area contributed by atoms with E-state index in [4.69, 9.17) is 18.9 Å². The van der Waals surface area contributed by atoms with Gasteiger partial charge in [-0.2, -0.15) is 9.97 Å². The van der Waals surface area contributed by atoms with E-state index in [0.717, 1.165) is 0 Å². The van der Waals surface area contributed by atoms with E-state index in [1.165, 1.54) is 20.5 Å². The Labute approximate surface area is 137 Å². The lowest BCUT2D eigenvalue weighted by Crippen LogP contribution is -2.42. The molecule has 2 fully saturated rings. The third kappa shape index (κ3) is 2.00. The number of hydrogen-bond acceptors (Lipinski definition) is 9. The Hall–Kier alpha value is -2.01. The van der Waals surface area contributed by atoms with E-state index in [9.17, 15) is 10.2 Å². The lowest BCUT2D eigenvalue weighted by molar-refractivity contribution is -0.108. The van der Waals surface area contributed by atoms with Crippen molar-refractivity contribution in [3.63, 3.8) is 0 Å². The summed E-state index contributed by atoms with van der Waals surface area (Å²) >= 11 is 0. The molecule has 10 heteroatoms. The normalized spacial score (nSPS) is 32.2. The number of aliphatic hydroxyl groups excluding tert-OH is 2. The van der Waals surface area contributed by atoms with Crippen LogP contribution in [0, 0.1) is 0 Å². The van der Waals surface area contributed by atoms with Crippen LogP contribution in [0.2, 0.25) is 0 Å². The molecule has 0 aliphatic carbocycles. The van der Waals surface area contributed by atoms with Gasteiger partial charge in [0.25, 0.3) is 0 Å². The maximum Gasteiger partial charge on any atom is 0.321 e. The second-order valence-electron chi connectivity index (χ2n) is 5.81. The summed E-state index contributed by atoms with van der Waals surface area (Å²) in [6, 6.07) is 0.113. The molecule has 0 aromatic carbocycles. The lowest BCUT2D eigenvalue weighted by atomic mass is 9.95. The second kappa shape index (κ2) is 5.52. The monoisotopic (exact) mass is 338 g/mol. The number of aliphatic hydroxyl groups is 2. The van der Waals surface area contributed by atoms with E-state index in [-0.39, 0.29) is 18.5 Å². The smallest absolute Gasteiger partial charge is 0.321 e. The molecule has 0 saturated carbocycles. The predicted molar refractivity (Wildman–Crippen MR) is 78.7 cm³/mol. The van der Waals surface area contributed by atoms with E-state index in [1.807, 2.05) is 0 Å². The summed E-state index contributed by atoms with van der Waals surface area (Å²) in [5, 5.41) is 20.4. The van der Waals surface area contributed by atoms with Crippen LogP contribution in [0.3, 0.4) is 0 Å². The minimum Gasteiger partial charge on any atom is -0.479 e. The molecule has 0 amide bonds. The Bertz CT molecular complexity index is 767. The first-order valence-corrected chi connectivity index (χ1v) is 7.54. The van der Waals surface area contributed by atoms with Gasteiger partial charge in [0, 0.05) is 6.42 Å². The van der Waals surface area contributed by atoms with Gasteiger partial charge >= 0.3 is 6.01 Å². The molecule has 4 rings (SSSR count). The molecule has 4 atom stereocenters. The lowest BCUT2D eigenvalue weighted by Gasteiger charge is -2.24. The van der Waals surface area contributed by atoms with Crippen LogP contribution in [0.1, 0.15) is 12.6 Å². The van der Waals surface area contributed by atoms with Gasteiger partial charge in [-0.05, 0) is 0 Å². The number of fused-ring (bicyclic) bond motifs is 2. The standard InChI is InChI=1S/C14H18N4O6/c1-21-11-7-10(16-13(17-11)22-2)18(6-15-7)12-8(20)9-14(5-19,24-12)3-4-23-9/h6,8-9,12,19-20H,3-5H2,1-2H3/t8-,9+,12-,14-/m1/s1. The van der Waals surface area contributed by atoms with Gasteiger partial charge in [0.15, 0.2) is 17.4 Å². The molecule has 0 spiro atoms. The SMILES string of the molecule is COc1nc(OC)c2ncn([C@@H]3O[C@@]4(CO)CCO[C@H]4[C@H]3O)c2n1. The minimum absolute atomic E-state index is 0.113. The molecule has 24 heavy (non-hydrogen) atoms. The Kier molecular flexibility index (Phi) is 3.57. The fourth-order valence-corrected chi connectivity index (χ4v) is 3.37. The van der Waals surface area contributed by atoms with Gasteiger partial charge in [0.1, 0.15) is 17.8 Å². The Morgan fingerprint density at radius 3 is 2.88 bits per heavy atom. The van der Waals surface area contributed by atoms with Gasteiger partial charge in [-0.25, -0.2) is 4.98 Å². The van der Waals surface area contributed by atoms with E-state index < -0.39 is 24.0 Å². The molecule has 2 aliphatic rings. The summed E-state index contributed by atoms with van der Waals surface area (Å²) < 4.78 is 23.4. The molecule has 4 heterocycles. The molecule has 0 unspecified atom stereocenters. The van der Waals surface area contributed by atoms with E-state index in [1.54, 1.807) is 4.57 Å². The first-order chi connectivity index (χ1) is 11.6. The highest BCUT2D eigenvalue weighted by Gasteiger charge is 2.59. The van der Waals surface area contributed by atoms with Gasteiger partial charge in [0.2, 0.25) is 5.88 Å². The highest BCUT2D eigenvalue weighted by atomic mass is 16.6. The van der Waals surface area contributed by atoms with Crippen LogP contribution in [0.25, 0.3) is 11.2 Å². The second-order valence-corrected chi connectivity index (χ2v) is 5.81. The summed E-state index contributed by atoms with van der Waals surface area (Å²) in [7, 11) is 2.92. The minimum atomic E-state index is -0.969. The van der Waals surface area contributed by atoms with Gasteiger partial charge in [-0.1, -0.05) is 0 Å². The number of hydrogen-bond donors (Lipinski definition) is 2. The molecule has 0 radical (unpaired) electrons. The van der Waals surface area contributed by atoms with Crippen LogP contribution in [0.15, 0.2) is 6.33 Å². The molecular formula is C14H18N4O6. The first-order valence-electron chi connectivity index (χ1n) is 7.54. The van der Waals surface area contributed by atoms with Crippen molar-refractivity contribution in [2.75, 3.05) is 27.4 Å². The highest BCUT2D eigenvalue weighted by molar-refractivity contribution is 5.76. The molecule has 10 nitrogen and oxygen atoms in total. The van der Waals surface area contributed by atoms with Crippen LogP contribution >= 0.6 is 0 Å². The number of imidazole rings is 1. The molecule has 130 valence electrons. The Morgan fingerprint density at radius 1 is 1.38 bits per heavy atom. The number of rotatable bonds is 4. The summed E-state index contributed by atoms with van der Waals surface area (Å²) in [5.74, 6) is 0.261. The number of ether oxygens (including phenoxy) is 4. The summed E-state index contributed by atoms with van der Waals surface area (Å²) in [6.45, 7) is 0.197. The summed E-state index contributed by atoms with van der Waals surface area (Å²) in [4.78, 5) is 12.6. The Morgan fingerprint density at radius 2 is 2.21 bits per heavy atom. The molecule has 2 aromatic rings. The van der Waals surface area contributed by atoms with Crippen LogP contribution < -0.4 is 9.47 Å². The molecule has 2 saturated heterocycles. The molecular weight excluding hydrogens is 320 g/mol. The zero-order valence-corrected chi connectivity index (χ0v) is 13.2. The van der Waals surface area contributed by atoms with E-state index in [0.29, 0.717) is 24.2 Å². The number of nitrogens with zero attached hydrogens (tertiary/aromatic N) is 4. The molecule has 0 bridgehead atoms. The molecule has 2 aliphatic heterocycles. The average Bonchev–Trinajstić information content (AvgIpc) is 3.27. The average molecular weight is 338 g/mol. The quantitative estimate of drug-likeness (QED) is 0.742. The fourth-order valence-electron chi connectivity index (χ4n) is 3.37. The maximum atomic E-state index is 10.6. The zero-order valence-electron chi connectivity index (χ0n) is 13.2. The van der Waals surface area contributed by atoms with Crippen LogP contribution in [0.5, 0.6) is 11.9 Å². The summed E-state index contributed by atoms with van der Waals surface area (Å²) in [5.41, 5.74) is -0.0945. The van der Waals surface area contributed by atoms with Gasteiger partial charge in [0.05, 0.1) is 33.8 Å². The maximum absolute atomic E-state index is 10.6.